The van der Waals surface area contributed by atoms with Gasteiger partial charge in [0.1, 0.15) is 0 Å². The van der Waals surface area contributed by atoms with Crippen LogP contribution in [0.15, 0.2) is 279 Å². The number of allylic oxidation sites excluding steroid dienone is 5. The molecule has 602 valence electrons. The van der Waals surface area contributed by atoms with E-state index in [1.165, 1.54) is 128 Å². The Balaban J connectivity index is 0.000000107. The van der Waals surface area contributed by atoms with Gasteiger partial charge < -0.3 is 14.7 Å². The van der Waals surface area contributed by atoms with Gasteiger partial charge in [0, 0.05) is 91.8 Å². The summed E-state index contributed by atoms with van der Waals surface area (Å²) in [5.41, 5.74) is 20.3. The van der Waals surface area contributed by atoms with E-state index < -0.39 is 16.6 Å². The molecule has 0 unspecified atom stereocenters. The fraction of sp³-hybridized carbons (Fsp3) is 0.237. The molecule has 10 heterocycles. The molecule has 5 saturated carbocycles. The number of phenols is 1. The summed E-state index contributed by atoms with van der Waals surface area (Å²) < 4.78 is 41.0. The van der Waals surface area contributed by atoms with Crippen LogP contribution in [0, 0.1) is 51.3 Å². The maximum absolute atomic E-state index is 13.5. The largest absolute Gasteiger partial charge is 0.504 e. The number of fused-ring (bicyclic) bond motifs is 6. The van der Waals surface area contributed by atoms with Crippen molar-refractivity contribution in [2.75, 3.05) is 26.1 Å². The van der Waals surface area contributed by atoms with Crippen LogP contribution in [0.4, 0.5) is 20.2 Å². The third-order valence-electron chi connectivity index (χ3n) is 22.5. The molecule has 21 nitrogen and oxygen atoms in total. The lowest BCUT2D eigenvalue weighted by Crippen LogP contribution is -2.08. The van der Waals surface area contributed by atoms with Gasteiger partial charge in [0.15, 0.2) is 80.5 Å². The van der Waals surface area contributed by atoms with Crippen molar-refractivity contribution < 1.29 is 23.5 Å². The van der Waals surface area contributed by atoms with Crippen LogP contribution in [0.1, 0.15) is 93.3 Å². The number of nitro benzene ring substituents is 1. The molecule has 5 aliphatic carbocycles. The Bertz CT molecular complexity index is 6650. The Morgan fingerprint density at radius 2 is 0.717 bits per heavy atom. The lowest BCUT2D eigenvalue weighted by atomic mass is 10.0. The van der Waals surface area contributed by atoms with E-state index in [4.69, 9.17) is 19.9 Å². The van der Waals surface area contributed by atoms with E-state index >= 15 is 0 Å². The van der Waals surface area contributed by atoms with E-state index in [0.29, 0.717) is 70.9 Å². The SMILES string of the molecule is C=C(Cc1nc2cccc(-c3ccc(F)c(F)c3)n2n1)C1CC1.C=C(Cc1nc2cccc(-c3ccc(O)c(OC)c3)n2n1)C1CC1.C=C(Cc1nc2cccc(-c3ccc4ccccc4c3)n2n1)C1CC1.C=C(Cc1nc2cccc(-c3cccc(N(C)C)c3)n2n1)C1CC1.C=C(Cc1nc2cccc(-c3cccc([N+](=O)[O-])c3)n2n1)C1CC1. The van der Waals surface area contributed by atoms with Crippen molar-refractivity contribution in [2.45, 2.75) is 96.3 Å². The molecule has 0 radical (unpaired) electrons. The van der Waals surface area contributed by atoms with Gasteiger partial charge in [-0.3, -0.25) is 10.1 Å². The average molecular weight is 1600 g/mol. The van der Waals surface area contributed by atoms with Crippen LogP contribution >= 0.6 is 0 Å². The monoisotopic (exact) mass is 1600 g/mol. The minimum absolute atomic E-state index is 0.0620. The zero-order chi connectivity index (χ0) is 82.8. The third-order valence-corrected chi connectivity index (χ3v) is 22.5. The van der Waals surface area contributed by atoms with E-state index in [0.717, 1.165) is 122 Å². The van der Waals surface area contributed by atoms with E-state index in [1.54, 1.807) is 33.3 Å². The summed E-state index contributed by atoms with van der Waals surface area (Å²) in [5, 5.41) is 46.6. The van der Waals surface area contributed by atoms with Crippen molar-refractivity contribution in [3.63, 3.8) is 0 Å². The number of non-ortho nitro benzene ring substituents is 1. The minimum atomic E-state index is -0.873. The second kappa shape index (κ2) is 33.9. The van der Waals surface area contributed by atoms with Gasteiger partial charge >= 0.3 is 0 Å². The molecule has 120 heavy (non-hydrogen) atoms. The molecule has 1 N–H and O–H groups in total. The molecule has 5 fully saturated rings. The normalized spacial score (nSPS) is 14.1. The average Bonchev–Trinajstić information content (AvgIpc) is 1.58. The summed E-state index contributed by atoms with van der Waals surface area (Å²) in [5.74, 6) is 6.04. The van der Waals surface area contributed by atoms with Gasteiger partial charge in [-0.2, -0.15) is 25.5 Å². The zero-order valence-electron chi connectivity index (χ0n) is 67.3. The number of ether oxygens (including phenoxy) is 1. The minimum Gasteiger partial charge on any atom is -0.504 e. The molecule has 0 aliphatic heterocycles. The van der Waals surface area contributed by atoms with Gasteiger partial charge in [-0.15, -0.1) is 0 Å². The maximum Gasteiger partial charge on any atom is 0.270 e. The van der Waals surface area contributed by atoms with Gasteiger partial charge in [0.25, 0.3) is 5.69 Å². The highest BCUT2D eigenvalue weighted by Gasteiger charge is 2.30. The number of rotatable bonds is 23. The molecule has 0 bridgehead atoms. The van der Waals surface area contributed by atoms with Crippen molar-refractivity contribution in [3.8, 4) is 67.8 Å². The fourth-order valence-corrected chi connectivity index (χ4v) is 15.0. The van der Waals surface area contributed by atoms with Gasteiger partial charge in [0.2, 0.25) is 0 Å². The Labute approximate surface area is 692 Å². The van der Waals surface area contributed by atoms with Crippen LogP contribution in [-0.4, -0.2) is 104 Å². The summed E-state index contributed by atoms with van der Waals surface area (Å²) in [7, 11) is 5.64. The summed E-state index contributed by atoms with van der Waals surface area (Å²) in [6.07, 6.45) is 16.0. The second-order valence-electron chi connectivity index (χ2n) is 31.9. The second-order valence-corrected chi connectivity index (χ2v) is 31.9. The van der Waals surface area contributed by atoms with Crippen LogP contribution in [0.5, 0.6) is 11.5 Å². The smallest absolute Gasteiger partial charge is 0.270 e. The topological polar surface area (TPSA) is 227 Å². The van der Waals surface area contributed by atoms with Crippen LogP contribution in [0.2, 0.25) is 0 Å². The highest BCUT2D eigenvalue weighted by atomic mass is 19.2. The zero-order valence-corrected chi connectivity index (χ0v) is 67.3. The number of methoxy groups -OCH3 is 1. The number of pyridine rings is 5. The Kier molecular flexibility index (Phi) is 22.2. The van der Waals surface area contributed by atoms with Gasteiger partial charge in [-0.05, 0) is 220 Å². The first-order chi connectivity index (χ1) is 58.3. The van der Waals surface area contributed by atoms with Crippen LogP contribution in [-0.2, 0) is 32.1 Å². The number of nitro groups is 1. The van der Waals surface area contributed by atoms with Crippen molar-refractivity contribution in [1.82, 2.24) is 73.0 Å². The summed E-state index contributed by atoms with van der Waals surface area (Å²) in [6.45, 7) is 20.8. The number of aromatic nitrogens is 15. The maximum atomic E-state index is 13.5. The molecular formula is C97H91F2N17O4. The highest BCUT2D eigenvalue weighted by molar-refractivity contribution is 5.87. The number of aromatic hydroxyl groups is 1. The molecule has 23 heteroatoms. The van der Waals surface area contributed by atoms with Gasteiger partial charge in [0.05, 0.1) is 40.5 Å². The van der Waals surface area contributed by atoms with Crippen LogP contribution in [0.3, 0.4) is 0 Å². The number of nitrogens with zero attached hydrogens (tertiary/aromatic N) is 17. The molecule has 0 atom stereocenters. The Morgan fingerprint density at radius 1 is 0.392 bits per heavy atom. The number of anilines is 1. The molecular weight excluding hydrogens is 1510 g/mol. The first-order valence-corrected chi connectivity index (χ1v) is 40.7. The first kappa shape index (κ1) is 78.6. The van der Waals surface area contributed by atoms with Crippen molar-refractivity contribution in [3.05, 3.63) is 330 Å². The van der Waals surface area contributed by atoms with Gasteiger partial charge in [-0.1, -0.05) is 152 Å². The number of phenolic OH excluding ortho intramolecular Hbond substituents is 1. The number of halogens is 2. The quantitative estimate of drug-likeness (QED) is 0.0357. The fourth-order valence-electron chi connectivity index (χ4n) is 15.0. The number of benzene rings is 6. The molecule has 6 aromatic carbocycles. The van der Waals surface area contributed by atoms with Gasteiger partial charge in [-0.25, -0.2) is 56.3 Å². The summed E-state index contributed by atoms with van der Waals surface area (Å²) in [6, 6.07) is 68.4. The van der Waals surface area contributed by atoms with E-state index in [1.807, 2.05) is 105 Å². The first-order valence-electron chi connectivity index (χ1n) is 40.7. The van der Waals surface area contributed by atoms with Crippen molar-refractivity contribution in [2.24, 2.45) is 29.6 Å². The molecule has 16 aromatic rings. The summed E-state index contributed by atoms with van der Waals surface area (Å²) in [4.78, 5) is 35.8. The third kappa shape index (κ3) is 18.1. The predicted molar refractivity (Wildman–Crippen MR) is 467 cm³/mol. The van der Waals surface area contributed by atoms with Crippen LogP contribution in [0.25, 0.3) is 95.3 Å². The lowest BCUT2D eigenvalue weighted by Gasteiger charge is -2.13. The molecule has 0 amide bonds. The highest BCUT2D eigenvalue weighted by Crippen LogP contribution is 2.42. The molecule has 10 aromatic heterocycles. The molecule has 21 rings (SSSR count). The predicted octanol–water partition coefficient (Wildman–Crippen LogP) is 20.6. The van der Waals surface area contributed by atoms with Crippen molar-refractivity contribution in [1.29, 1.82) is 0 Å². The van der Waals surface area contributed by atoms with E-state index in [2.05, 4.69) is 166 Å². The number of hydrogen-bond donors (Lipinski definition) is 1. The summed E-state index contributed by atoms with van der Waals surface area (Å²) >= 11 is 0. The van der Waals surface area contributed by atoms with E-state index in [-0.39, 0.29) is 11.4 Å². The van der Waals surface area contributed by atoms with E-state index in [9.17, 15) is 24.0 Å². The molecule has 0 saturated heterocycles. The lowest BCUT2D eigenvalue weighted by molar-refractivity contribution is -0.384. The van der Waals surface area contributed by atoms with Crippen LogP contribution < -0.4 is 9.64 Å². The number of hydrogen-bond acceptors (Lipinski definition) is 15. The van der Waals surface area contributed by atoms with Crippen molar-refractivity contribution >= 4 is 50.4 Å². The molecule has 0 spiro atoms. The Morgan fingerprint density at radius 3 is 1.07 bits per heavy atom. The Hall–Kier alpha value is -14.0. The molecule has 5 aliphatic rings. The standard InChI is InChI=1S/C22H19N3.C20H22N4.C19H19N3O2.C18H15F2N3.C18H16N4O2/c1-15(16-9-10-16)13-21-23-22-8-4-7-20(25(22)24-21)19-12-11-17-5-2-3-6-18(17)14-19;1-14(15-10-11-15)12-19-21-20-9-5-8-18(24(20)22-19)16-6-4-7-17(13-16)23(2)3;1-12(13-6-7-13)10-18-20-19-5-3-4-15(22(19)21-18)14-8-9-16(23)17(11-14)24-2;1-11(12-5-6-12)9-17-21-18-4-2-3-16(23(18)22-17)13-7-8-14(19)15(20)10-13;1-12(13-8-9-13)10-17-19-18-7-3-6-16(21(18)20-17)14-4-2-5-15(11-14)22(23)24/h2-8,11-12,14,16H,1,9-10,13H2;4-9,13,15H,1,10-12H2,2-3H3;3-5,8-9,11,13,23H,1,6-7,10H2,2H3;2-4,7-8,10,12H,1,5-6,9H2;2-7,11,13H,1,8-10H2.